The number of hydrogen-bond acceptors (Lipinski definition) is 4. The van der Waals surface area contributed by atoms with Crippen molar-refractivity contribution in [3.05, 3.63) is 30.4 Å². The Morgan fingerprint density at radius 3 is 3.10 bits per heavy atom. The molecule has 4 heteroatoms. The van der Waals surface area contributed by atoms with Gasteiger partial charge in [-0.15, -0.1) is 0 Å². The lowest BCUT2D eigenvalue weighted by Gasteiger charge is -2.26. The van der Waals surface area contributed by atoms with E-state index in [1.807, 2.05) is 25.1 Å². The molecule has 1 aliphatic heterocycles. The molecule has 0 spiro atoms. The molecule has 0 aromatic heterocycles. The standard InChI is InChI=1S/C16H17NO3/c1-3-10(2)19-12-5-7-14-16(9-12)20-15-8-11(18)4-6-13(15)17-14/h4-7,9-10,15H,3,8H2,1-2H3. The Hall–Kier alpha value is -2.10. The molecule has 0 amide bonds. The minimum absolute atomic E-state index is 0.0735. The highest BCUT2D eigenvalue weighted by Gasteiger charge is 2.28. The van der Waals surface area contributed by atoms with Crippen molar-refractivity contribution in [3.8, 4) is 11.5 Å². The molecule has 1 aromatic carbocycles. The molecule has 0 bridgehead atoms. The first-order chi connectivity index (χ1) is 9.65. The van der Waals surface area contributed by atoms with Crippen molar-refractivity contribution in [2.45, 2.75) is 38.9 Å². The molecule has 3 rings (SSSR count). The molecule has 1 aliphatic carbocycles. The topological polar surface area (TPSA) is 47.9 Å². The van der Waals surface area contributed by atoms with Crippen LogP contribution in [-0.4, -0.2) is 23.7 Å². The van der Waals surface area contributed by atoms with Gasteiger partial charge < -0.3 is 9.47 Å². The van der Waals surface area contributed by atoms with Gasteiger partial charge in [0, 0.05) is 6.07 Å². The van der Waals surface area contributed by atoms with Crippen LogP contribution < -0.4 is 9.47 Å². The summed E-state index contributed by atoms with van der Waals surface area (Å²) in [6, 6.07) is 5.64. The van der Waals surface area contributed by atoms with E-state index >= 15 is 0 Å². The number of nitrogens with zero attached hydrogens (tertiary/aromatic N) is 1. The SMILES string of the molecule is CCC(C)Oc1ccc2c(c1)OC1CC(=O)C=CC1=N2. The molecule has 104 valence electrons. The number of rotatable bonds is 3. The van der Waals surface area contributed by atoms with Gasteiger partial charge in [-0.2, -0.15) is 0 Å². The van der Waals surface area contributed by atoms with Gasteiger partial charge in [-0.25, -0.2) is 4.99 Å². The number of ketones is 1. The molecule has 0 saturated heterocycles. The van der Waals surface area contributed by atoms with Crippen molar-refractivity contribution in [1.82, 2.24) is 0 Å². The van der Waals surface area contributed by atoms with E-state index in [0.29, 0.717) is 12.2 Å². The van der Waals surface area contributed by atoms with Gasteiger partial charge >= 0.3 is 0 Å². The molecule has 2 atom stereocenters. The van der Waals surface area contributed by atoms with Crippen LogP contribution in [0.5, 0.6) is 11.5 Å². The fraction of sp³-hybridized carbons (Fsp3) is 0.375. The summed E-state index contributed by atoms with van der Waals surface area (Å²) in [5.41, 5.74) is 1.60. The van der Waals surface area contributed by atoms with Gasteiger partial charge in [-0.1, -0.05) is 6.92 Å². The Kier molecular flexibility index (Phi) is 3.30. The molecule has 0 saturated carbocycles. The Labute approximate surface area is 118 Å². The summed E-state index contributed by atoms with van der Waals surface area (Å²) in [5, 5.41) is 0. The van der Waals surface area contributed by atoms with Gasteiger partial charge in [0.25, 0.3) is 0 Å². The fourth-order valence-corrected chi connectivity index (χ4v) is 2.21. The summed E-state index contributed by atoms with van der Waals surface area (Å²) < 4.78 is 11.7. The summed E-state index contributed by atoms with van der Waals surface area (Å²) in [5.74, 6) is 1.53. The van der Waals surface area contributed by atoms with Crippen molar-refractivity contribution in [2.75, 3.05) is 0 Å². The number of allylic oxidation sites excluding steroid dienone is 1. The number of aliphatic imine (C=N–C) groups is 1. The minimum Gasteiger partial charge on any atom is -0.491 e. The van der Waals surface area contributed by atoms with E-state index in [4.69, 9.17) is 9.47 Å². The third kappa shape index (κ3) is 2.46. The largest absolute Gasteiger partial charge is 0.491 e. The van der Waals surface area contributed by atoms with Crippen molar-refractivity contribution in [2.24, 2.45) is 4.99 Å². The zero-order valence-corrected chi connectivity index (χ0v) is 11.6. The van der Waals surface area contributed by atoms with E-state index in [9.17, 15) is 4.79 Å². The van der Waals surface area contributed by atoms with Crippen LogP contribution in [0.2, 0.25) is 0 Å². The van der Waals surface area contributed by atoms with Crippen molar-refractivity contribution in [1.29, 1.82) is 0 Å². The molecule has 0 fully saturated rings. The fourth-order valence-electron chi connectivity index (χ4n) is 2.21. The molecule has 1 heterocycles. The Bertz CT molecular complexity index is 604. The first-order valence-electron chi connectivity index (χ1n) is 6.92. The molecular weight excluding hydrogens is 254 g/mol. The molecule has 4 nitrogen and oxygen atoms in total. The second kappa shape index (κ2) is 5.12. The third-order valence-corrected chi connectivity index (χ3v) is 3.52. The van der Waals surface area contributed by atoms with Crippen LogP contribution in [0.3, 0.4) is 0 Å². The number of fused-ring (bicyclic) bond motifs is 2. The second-order valence-electron chi connectivity index (χ2n) is 5.11. The molecule has 20 heavy (non-hydrogen) atoms. The number of carbonyl (C=O) groups is 1. The van der Waals surface area contributed by atoms with Gasteiger partial charge in [0.15, 0.2) is 5.78 Å². The predicted octanol–water partition coefficient (Wildman–Crippen LogP) is 3.23. The summed E-state index contributed by atoms with van der Waals surface area (Å²) in [6.07, 6.45) is 4.49. The first kappa shape index (κ1) is 12.9. The lowest BCUT2D eigenvalue weighted by atomic mass is 10.00. The first-order valence-corrected chi connectivity index (χ1v) is 6.92. The number of carbonyl (C=O) groups excluding carboxylic acids is 1. The van der Waals surface area contributed by atoms with E-state index in [2.05, 4.69) is 11.9 Å². The maximum absolute atomic E-state index is 11.4. The van der Waals surface area contributed by atoms with Gasteiger partial charge in [-0.05, 0) is 37.6 Å². The highest BCUT2D eigenvalue weighted by Crippen LogP contribution is 2.37. The van der Waals surface area contributed by atoms with Crippen LogP contribution in [0.25, 0.3) is 0 Å². The predicted molar refractivity (Wildman–Crippen MR) is 77.1 cm³/mol. The molecule has 2 aliphatic rings. The van der Waals surface area contributed by atoms with Crippen LogP contribution in [-0.2, 0) is 4.79 Å². The highest BCUT2D eigenvalue weighted by atomic mass is 16.5. The lowest BCUT2D eigenvalue weighted by molar-refractivity contribution is -0.115. The van der Waals surface area contributed by atoms with Crippen LogP contribution in [0, 0.1) is 0 Å². The number of hydrogen-bond donors (Lipinski definition) is 0. The minimum atomic E-state index is -0.265. The molecule has 2 unspecified atom stereocenters. The Balaban J connectivity index is 1.88. The van der Waals surface area contributed by atoms with Crippen LogP contribution in [0.4, 0.5) is 5.69 Å². The molecule has 1 aromatic rings. The Morgan fingerprint density at radius 1 is 1.45 bits per heavy atom. The number of ether oxygens (including phenoxy) is 2. The van der Waals surface area contributed by atoms with Crippen molar-refractivity contribution >= 4 is 17.2 Å². The molecule has 0 radical (unpaired) electrons. The summed E-state index contributed by atoms with van der Waals surface area (Å²) in [6.45, 7) is 4.11. The quantitative estimate of drug-likeness (QED) is 0.848. The van der Waals surface area contributed by atoms with E-state index in [1.165, 1.54) is 0 Å². The third-order valence-electron chi connectivity index (χ3n) is 3.52. The molecular formula is C16H17NO3. The molecule has 0 N–H and O–H groups in total. The van der Waals surface area contributed by atoms with Gasteiger partial charge in [-0.3, -0.25) is 4.79 Å². The zero-order chi connectivity index (χ0) is 14.1. The van der Waals surface area contributed by atoms with Crippen molar-refractivity contribution in [3.63, 3.8) is 0 Å². The van der Waals surface area contributed by atoms with Gasteiger partial charge in [0.05, 0.1) is 18.2 Å². The monoisotopic (exact) mass is 271 g/mol. The number of benzene rings is 1. The van der Waals surface area contributed by atoms with E-state index in [0.717, 1.165) is 23.6 Å². The smallest absolute Gasteiger partial charge is 0.159 e. The summed E-state index contributed by atoms with van der Waals surface area (Å²) in [7, 11) is 0. The summed E-state index contributed by atoms with van der Waals surface area (Å²) in [4.78, 5) is 16.0. The van der Waals surface area contributed by atoms with E-state index < -0.39 is 0 Å². The average Bonchev–Trinajstić information content (AvgIpc) is 2.45. The van der Waals surface area contributed by atoms with Crippen LogP contribution in [0.15, 0.2) is 35.3 Å². The normalized spacial score (nSPS) is 21.4. The highest BCUT2D eigenvalue weighted by molar-refractivity contribution is 6.11. The van der Waals surface area contributed by atoms with Gasteiger partial charge in [0.2, 0.25) is 0 Å². The maximum atomic E-state index is 11.4. The van der Waals surface area contributed by atoms with E-state index in [-0.39, 0.29) is 18.0 Å². The summed E-state index contributed by atoms with van der Waals surface area (Å²) >= 11 is 0. The van der Waals surface area contributed by atoms with Crippen LogP contribution in [0.1, 0.15) is 26.7 Å². The van der Waals surface area contributed by atoms with Crippen molar-refractivity contribution < 1.29 is 14.3 Å². The lowest BCUT2D eigenvalue weighted by Crippen LogP contribution is -2.33. The zero-order valence-electron chi connectivity index (χ0n) is 11.6. The maximum Gasteiger partial charge on any atom is 0.159 e. The second-order valence-corrected chi connectivity index (χ2v) is 5.11. The van der Waals surface area contributed by atoms with E-state index in [1.54, 1.807) is 12.2 Å². The average molecular weight is 271 g/mol. The van der Waals surface area contributed by atoms with Crippen LogP contribution >= 0.6 is 0 Å². The Morgan fingerprint density at radius 2 is 2.30 bits per heavy atom. The van der Waals surface area contributed by atoms with Gasteiger partial charge in [0.1, 0.15) is 23.3 Å².